The molecule has 0 N–H and O–H groups in total. The smallest absolute Gasteiger partial charge is 0.337 e. The molecule has 27 heavy (non-hydrogen) atoms. The van der Waals surface area contributed by atoms with Gasteiger partial charge in [0.05, 0.1) is 23.7 Å². The number of rotatable bonds is 4. The molecule has 0 saturated carbocycles. The van der Waals surface area contributed by atoms with E-state index in [0.29, 0.717) is 28.1 Å². The van der Waals surface area contributed by atoms with E-state index < -0.39 is 5.97 Å². The van der Waals surface area contributed by atoms with Crippen LogP contribution in [0.5, 0.6) is 0 Å². The highest BCUT2D eigenvalue weighted by atomic mass is 19.1. The molecule has 1 aromatic heterocycles. The zero-order valence-electron chi connectivity index (χ0n) is 16.1. The van der Waals surface area contributed by atoms with Crippen LogP contribution in [0, 0.1) is 12.7 Å². The van der Waals surface area contributed by atoms with Crippen LogP contribution < -0.4 is 4.90 Å². The van der Waals surface area contributed by atoms with Crippen LogP contribution in [0.15, 0.2) is 36.4 Å². The van der Waals surface area contributed by atoms with Gasteiger partial charge in [0.25, 0.3) is 0 Å². The van der Waals surface area contributed by atoms with Crippen LogP contribution in [0.2, 0.25) is 0 Å². The van der Waals surface area contributed by atoms with E-state index in [1.807, 2.05) is 18.9 Å². The number of fused-ring (bicyclic) bond motifs is 1. The molecule has 0 aliphatic carbocycles. The number of methoxy groups -OCH3 is 1. The molecule has 0 spiro atoms. The molecule has 0 saturated heterocycles. The highest BCUT2D eigenvalue weighted by molar-refractivity contribution is 5.94. The second kappa shape index (κ2) is 7.31. The van der Waals surface area contributed by atoms with Crippen molar-refractivity contribution in [1.29, 1.82) is 0 Å². The van der Waals surface area contributed by atoms with E-state index >= 15 is 0 Å². The molecule has 0 aliphatic heterocycles. The van der Waals surface area contributed by atoms with Gasteiger partial charge in [-0.1, -0.05) is 0 Å². The summed E-state index contributed by atoms with van der Waals surface area (Å²) in [5, 5.41) is 0. The Morgan fingerprint density at radius 3 is 2.48 bits per heavy atom. The molecule has 0 unspecified atom stereocenters. The minimum absolute atomic E-state index is 0.181. The molecule has 6 heteroatoms. The quantitative estimate of drug-likeness (QED) is 0.641. The van der Waals surface area contributed by atoms with Gasteiger partial charge in [-0.3, -0.25) is 0 Å². The lowest BCUT2D eigenvalue weighted by atomic mass is 10.0. The fraction of sp³-hybridized carbons (Fsp3) is 0.286. The molecular weight excluding hydrogens is 345 g/mol. The van der Waals surface area contributed by atoms with Crippen LogP contribution in [0.4, 0.5) is 10.2 Å². The lowest BCUT2D eigenvalue weighted by Gasteiger charge is -2.25. The Morgan fingerprint density at radius 1 is 1.11 bits per heavy atom. The molecule has 3 aromatic rings. The Bertz CT molecular complexity index is 1020. The molecule has 0 amide bonds. The Morgan fingerprint density at radius 2 is 1.85 bits per heavy atom. The van der Waals surface area contributed by atoms with Gasteiger partial charge in [-0.2, -0.15) is 0 Å². The van der Waals surface area contributed by atoms with Crippen molar-refractivity contribution in [3.8, 4) is 11.3 Å². The van der Waals surface area contributed by atoms with E-state index in [-0.39, 0.29) is 11.9 Å². The molecule has 3 rings (SSSR count). The normalized spacial score (nSPS) is 11.1. The van der Waals surface area contributed by atoms with Crippen molar-refractivity contribution < 1.29 is 13.9 Å². The maximum absolute atomic E-state index is 13.6. The van der Waals surface area contributed by atoms with E-state index in [1.54, 1.807) is 24.3 Å². The summed E-state index contributed by atoms with van der Waals surface area (Å²) in [4.78, 5) is 23.4. The van der Waals surface area contributed by atoms with E-state index in [2.05, 4.69) is 13.8 Å². The molecule has 0 bridgehead atoms. The summed E-state index contributed by atoms with van der Waals surface area (Å²) in [6.07, 6.45) is 0. The number of hydrogen-bond acceptors (Lipinski definition) is 5. The largest absolute Gasteiger partial charge is 0.465 e. The average molecular weight is 367 g/mol. The van der Waals surface area contributed by atoms with E-state index in [1.165, 1.54) is 19.2 Å². The van der Waals surface area contributed by atoms with Crippen molar-refractivity contribution >= 4 is 22.8 Å². The molecule has 2 aromatic carbocycles. The summed E-state index contributed by atoms with van der Waals surface area (Å²) >= 11 is 0. The van der Waals surface area contributed by atoms with Gasteiger partial charge in [0.1, 0.15) is 11.5 Å². The van der Waals surface area contributed by atoms with Gasteiger partial charge < -0.3 is 9.64 Å². The molecule has 0 atom stereocenters. The number of ether oxygens (including phenoxy) is 1. The van der Waals surface area contributed by atoms with Crippen LogP contribution >= 0.6 is 0 Å². The lowest BCUT2D eigenvalue weighted by Crippen LogP contribution is -2.27. The van der Waals surface area contributed by atoms with Gasteiger partial charge in [-0.05, 0) is 62.7 Å². The number of halogens is 1. The van der Waals surface area contributed by atoms with Crippen LogP contribution in [0.1, 0.15) is 29.8 Å². The van der Waals surface area contributed by atoms with Crippen molar-refractivity contribution in [2.45, 2.75) is 26.8 Å². The van der Waals surface area contributed by atoms with Gasteiger partial charge in [-0.25, -0.2) is 19.2 Å². The number of esters is 1. The van der Waals surface area contributed by atoms with E-state index in [4.69, 9.17) is 14.7 Å². The monoisotopic (exact) mass is 367 g/mol. The Balaban J connectivity index is 2.27. The maximum atomic E-state index is 13.6. The van der Waals surface area contributed by atoms with Gasteiger partial charge >= 0.3 is 5.97 Å². The molecule has 0 fully saturated rings. The van der Waals surface area contributed by atoms with Crippen LogP contribution in [0.25, 0.3) is 22.3 Å². The van der Waals surface area contributed by atoms with E-state index in [9.17, 15) is 9.18 Å². The Hall–Kier alpha value is -3.02. The Labute approximate surface area is 157 Å². The number of carbonyl (C=O) groups excluding carboxylic acids is 1. The topological polar surface area (TPSA) is 55.3 Å². The average Bonchev–Trinajstić information content (AvgIpc) is 2.65. The minimum Gasteiger partial charge on any atom is -0.465 e. The third-order valence-corrected chi connectivity index (χ3v) is 4.62. The van der Waals surface area contributed by atoms with Gasteiger partial charge in [-0.15, -0.1) is 0 Å². The second-order valence-electron chi connectivity index (χ2n) is 6.75. The maximum Gasteiger partial charge on any atom is 0.337 e. The van der Waals surface area contributed by atoms with Gasteiger partial charge in [0.2, 0.25) is 0 Å². The first-order valence-corrected chi connectivity index (χ1v) is 8.71. The number of benzene rings is 2. The standard InChI is InChI=1S/C21H22FN3O2/c1-12(2)25(4)20-19(16-8-7-15(22)10-13(16)3)23-17-9-6-14(21(26)27-5)11-18(17)24-20/h6-12H,1-5H3. The summed E-state index contributed by atoms with van der Waals surface area (Å²) in [5.41, 5.74) is 3.97. The summed E-state index contributed by atoms with van der Waals surface area (Å²) in [5.74, 6) is -0.0309. The van der Waals surface area contributed by atoms with Crippen molar-refractivity contribution in [3.05, 3.63) is 53.3 Å². The number of anilines is 1. The number of aromatic nitrogens is 2. The molecule has 1 heterocycles. The van der Waals surface area contributed by atoms with Crippen molar-refractivity contribution in [1.82, 2.24) is 9.97 Å². The highest BCUT2D eigenvalue weighted by Crippen LogP contribution is 2.32. The zero-order valence-corrected chi connectivity index (χ0v) is 16.1. The predicted molar refractivity (Wildman–Crippen MR) is 105 cm³/mol. The number of aryl methyl sites for hydroxylation is 1. The van der Waals surface area contributed by atoms with E-state index in [0.717, 1.165) is 11.1 Å². The zero-order chi connectivity index (χ0) is 19.7. The van der Waals surface area contributed by atoms with Crippen molar-refractivity contribution in [3.63, 3.8) is 0 Å². The summed E-state index contributed by atoms with van der Waals surface area (Å²) < 4.78 is 18.4. The second-order valence-corrected chi connectivity index (χ2v) is 6.75. The number of carbonyl (C=O) groups is 1. The van der Waals surface area contributed by atoms with Gasteiger partial charge in [0, 0.05) is 18.7 Å². The first kappa shape index (κ1) is 18.8. The first-order chi connectivity index (χ1) is 12.8. The molecule has 5 nitrogen and oxygen atoms in total. The summed E-state index contributed by atoms with van der Waals surface area (Å²) in [6.45, 7) is 5.96. The van der Waals surface area contributed by atoms with Crippen LogP contribution in [-0.4, -0.2) is 36.1 Å². The number of hydrogen-bond donors (Lipinski definition) is 0. The van der Waals surface area contributed by atoms with Crippen LogP contribution in [0.3, 0.4) is 0 Å². The third kappa shape index (κ3) is 3.60. The summed E-state index contributed by atoms with van der Waals surface area (Å²) in [6, 6.07) is 9.90. The highest BCUT2D eigenvalue weighted by Gasteiger charge is 2.19. The van der Waals surface area contributed by atoms with Crippen LogP contribution in [-0.2, 0) is 4.74 Å². The Kier molecular flexibility index (Phi) is 5.08. The molecule has 0 aliphatic rings. The molecule has 140 valence electrons. The minimum atomic E-state index is -0.420. The van der Waals surface area contributed by atoms with Crippen molar-refractivity contribution in [2.75, 3.05) is 19.1 Å². The number of nitrogens with zero attached hydrogens (tertiary/aromatic N) is 3. The molecule has 0 radical (unpaired) electrons. The lowest BCUT2D eigenvalue weighted by molar-refractivity contribution is 0.0601. The predicted octanol–water partition coefficient (Wildman–Crippen LogP) is 4.38. The van der Waals surface area contributed by atoms with Crippen molar-refractivity contribution in [2.24, 2.45) is 0 Å². The van der Waals surface area contributed by atoms with Gasteiger partial charge in [0.15, 0.2) is 5.82 Å². The fourth-order valence-electron chi connectivity index (χ4n) is 2.85. The first-order valence-electron chi connectivity index (χ1n) is 8.71. The third-order valence-electron chi connectivity index (χ3n) is 4.62. The SMILES string of the molecule is COC(=O)c1ccc2nc(-c3ccc(F)cc3C)c(N(C)C(C)C)nc2c1. The molecular formula is C21H22FN3O2. The summed E-state index contributed by atoms with van der Waals surface area (Å²) in [7, 11) is 3.28. The fourth-order valence-corrected chi connectivity index (χ4v) is 2.85.